The van der Waals surface area contributed by atoms with Crippen LogP contribution < -0.4 is 9.47 Å². The number of rotatable bonds is 8. The molecule has 3 heterocycles. The van der Waals surface area contributed by atoms with Crippen LogP contribution in [-0.4, -0.2) is 55.3 Å². The monoisotopic (exact) mass is 525 g/mol. The van der Waals surface area contributed by atoms with Crippen LogP contribution in [0, 0.1) is 11.3 Å². The van der Waals surface area contributed by atoms with Crippen LogP contribution in [0.25, 0.3) is 33.6 Å². The zero-order chi connectivity index (χ0) is 27.4. The predicted octanol–water partition coefficient (Wildman–Crippen LogP) is 6.08. The van der Waals surface area contributed by atoms with Crippen molar-refractivity contribution in [2.45, 2.75) is 32.8 Å². The van der Waals surface area contributed by atoms with Crippen molar-refractivity contribution in [3.05, 3.63) is 65.9 Å². The zero-order valence-electron chi connectivity index (χ0n) is 22.4. The average Bonchev–Trinajstić information content (AvgIpc) is 3.42. The molecule has 1 amide bonds. The Morgan fingerprint density at radius 1 is 1.05 bits per heavy atom. The van der Waals surface area contributed by atoms with E-state index in [1.165, 1.54) is 0 Å². The lowest BCUT2D eigenvalue weighted by molar-refractivity contribution is 0.0254. The van der Waals surface area contributed by atoms with Crippen molar-refractivity contribution >= 4 is 17.0 Å². The molecule has 0 N–H and O–H groups in total. The van der Waals surface area contributed by atoms with Gasteiger partial charge in [0.2, 0.25) is 0 Å². The van der Waals surface area contributed by atoms with Gasteiger partial charge in [0, 0.05) is 49.3 Å². The number of carbonyl (C=O) groups excluding carboxylic acids is 1. The number of nitrogens with zero attached hydrogens (tertiary/aromatic N) is 3. The molecule has 0 radical (unpaired) electrons. The van der Waals surface area contributed by atoms with Crippen LogP contribution in [0.1, 0.15) is 42.6 Å². The van der Waals surface area contributed by atoms with E-state index in [1.54, 1.807) is 30.3 Å². The van der Waals surface area contributed by atoms with Gasteiger partial charge in [-0.05, 0) is 55.8 Å². The molecule has 4 aromatic rings. The number of carbonyl (C=O) groups is 1. The summed E-state index contributed by atoms with van der Waals surface area (Å²) in [7, 11) is 1.57. The Morgan fingerprint density at radius 3 is 2.56 bits per heavy atom. The molecule has 0 unspecified atom stereocenters. The van der Waals surface area contributed by atoms with Crippen LogP contribution in [0.2, 0.25) is 0 Å². The first-order chi connectivity index (χ1) is 19.1. The fourth-order valence-electron chi connectivity index (χ4n) is 4.88. The Hall–Kier alpha value is -4.35. The normalized spacial score (nSPS) is 13.7. The average molecular weight is 526 g/mol. The Balaban J connectivity index is 1.49. The number of benzene rings is 2. The summed E-state index contributed by atoms with van der Waals surface area (Å²) in [5.74, 6) is 1.64. The molecule has 0 saturated carbocycles. The van der Waals surface area contributed by atoms with Crippen LogP contribution in [0.5, 0.6) is 11.5 Å². The van der Waals surface area contributed by atoms with Gasteiger partial charge in [0.05, 0.1) is 31.5 Å². The molecular formula is C31H31N3O5. The standard InChI is InChI=1S/C31H31N3O5/c1-4-34(5-2)31(35)21-6-8-25(28(17-21)36-3)29-18-26-30(39-29)24(10-13-33-26)20-7-9-27(22(16-20)19-32)38-23-11-14-37-15-12-23/h6-10,13,16-18,23H,4-5,11-12,14-15H2,1-3H3. The maximum absolute atomic E-state index is 12.9. The molecule has 1 saturated heterocycles. The van der Waals surface area contributed by atoms with E-state index in [4.69, 9.17) is 18.6 Å². The van der Waals surface area contributed by atoms with Gasteiger partial charge in [0.15, 0.2) is 5.58 Å². The molecule has 39 heavy (non-hydrogen) atoms. The van der Waals surface area contributed by atoms with Crippen LogP contribution in [0.4, 0.5) is 0 Å². The van der Waals surface area contributed by atoms with Gasteiger partial charge in [0.1, 0.15) is 34.9 Å². The van der Waals surface area contributed by atoms with Gasteiger partial charge in [-0.1, -0.05) is 6.07 Å². The highest BCUT2D eigenvalue weighted by Crippen LogP contribution is 2.38. The molecule has 1 aliphatic rings. The van der Waals surface area contributed by atoms with E-state index in [-0.39, 0.29) is 12.0 Å². The van der Waals surface area contributed by atoms with E-state index < -0.39 is 0 Å². The van der Waals surface area contributed by atoms with Crippen molar-refractivity contribution in [2.24, 2.45) is 0 Å². The van der Waals surface area contributed by atoms with E-state index in [0.29, 0.717) is 65.8 Å². The van der Waals surface area contributed by atoms with Gasteiger partial charge in [-0.2, -0.15) is 5.26 Å². The number of hydrogen-bond donors (Lipinski definition) is 0. The van der Waals surface area contributed by atoms with Crippen LogP contribution in [0.3, 0.4) is 0 Å². The fourth-order valence-corrected chi connectivity index (χ4v) is 4.88. The molecular weight excluding hydrogens is 494 g/mol. The van der Waals surface area contributed by atoms with E-state index in [2.05, 4.69) is 11.1 Å². The Kier molecular flexibility index (Phi) is 7.80. The smallest absolute Gasteiger partial charge is 0.253 e. The number of amides is 1. The molecule has 2 aromatic carbocycles. The lowest BCUT2D eigenvalue weighted by Gasteiger charge is -2.23. The largest absolute Gasteiger partial charge is 0.496 e. The maximum Gasteiger partial charge on any atom is 0.253 e. The topological polar surface area (TPSA) is 97.8 Å². The van der Waals surface area contributed by atoms with Crippen molar-refractivity contribution in [1.82, 2.24) is 9.88 Å². The third-order valence-electron chi connectivity index (χ3n) is 7.05. The second-order valence-electron chi connectivity index (χ2n) is 9.33. The van der Waals surface area contributed by atoms with E-state index in [0.717, 1.165) is 29.5 Å². The third kappa shape index (κ3) is 5.31. The second-order valence-corrected chi connectivity index (χ2v) is 9.33. The first-order valence-electron chi connectivity index (χ1n) is 13.2. The van der Waals surface area contributed by atoms with Gasteiger partial charge in [-0.25, -0.2) is 0 Å². The number of pyridine rings is 1. The summed E-state index contributed by atoms with van der Waals surface area (Å²) in [6, 6.07) is 17.0. The highest BCUT2D eigenvalue weighted by molar-refractivity contribution is 5.96. The fraction of sp³-hybridized carbons (Fsp3) is 0.323. The summed E-state index contributed by atoms with van der Waals surface area (Å²) < 4.78 is 23.5. The SMILES string of the molecule is CCN(CC)C(=O)c1ccc(-c2cc3nccc(-c4ccc(OC5CCOCC5)c(C#N)c4)c3o2)c(OC)c1. The van der Waals surface area contributed by atoms with Crippen LogP contribution in [0.15, 0.2) is 59.1 Å². The summed E-state index contributed by atoms with van der Waals surface area (Å²) in [4.78, 5) is 19.1. The second kappa shape index (κ2) is 11.6. The summed E-state index contributed by atoms with van der Waals surface area (Å²) in [6.07, 6.45) is 3.38. The predicted molar refractivity (Wildman–Crippen MR) is 148 cm³/mol. The molecule has 2 aromatic heterocycles. The van der Waals surface area contributed by atoms with Gasteiger partial charge in [-0.15, -0.1) is 0 Å². The molecule has 8 heteroatoms. The number of methoxy groups -OCH3 is 1. The molecule has 0 aliphatic carbocycles. The molecule has 5 rings (SSSR count). The minimum atomic E-state index is -0.0454. The number of fused-ring (bicyclic) bond motifs is 1. The maximum atomic E-state index is 12.9. The Bertz CT molecular complexity index is 1530. The molecule has 0 spiro atoms. The molecule has 8 nitrogen and oxygen atoms in total. The van der Waals surface area contributed by atoms with E-state index >= 15 is 0 Å². The zero-order valence-corrected chi connectivity index (χ0v) is 22.4. The first-order valence-corrected chi connectivity index (χ1v) is 13.2. The highest BCUT2D eigenvalue weighted by atomic mass is 16.5. The van der Waals surface area contributed by atoms with Gasteiger partial charge < -0.3 is 23.5 Å². The Morgan fingerprint density at radius 2 is 1.85 bits per heavy atom. The number of aromatic nitrogens is 1. The lowest BCUT2D eigenvalue weighted by Crippen LogP contribution is -2.30. The minimum absolute atomic E-state index is 0.0423. The van der Waals surface area contributed by atoms with Gasteiger partial charge >= 0.3 is 0 Å². The van der Waals surface area contributed by atoms with Crippen LogP contribution >= 0.6 is 0 Å². The molecule has 1 fully saturated rings. The summed E-state index contributed by atoms with van der Waals surface area (Å²) in [5.41, 5.74) is 4.65. The molecule has 1 aliphatic heterocycles. The summed E-state index contributed by atoms with van der Waals surface area (Å²) >= 11 is 0. The van der Waals surface area contributed by atoms with E-state index in [9.17, 15) is 10.1 Å². The Labute approximate surface area is 227 Å². The molecule has 200 valence electrons. The lowest BCUT2D eigenvalue weighted by atomic mass is 10.0. The number of nitriles is 1. The van der Waals surface area contributed by atoms with Gasteiger partial charge in [0.25, 0.3) is 5.91 Å². The third-order valence-corrected chi connectivity index (χ3v) is 7.05. The van der Waals surface area contributed by atoms with Crippen molar-refractivity contribution in [2.75, 3.05) is 33.4 Å². The van der Waals surface area contributed by atoms with Gasteiger partial charge in [-0.3, -0.25) is 9.78 Å². The summed E-state index contributed by atoms with van der Waals surface area (Å²) in [5, 5.41) is 9.84. The quantitative estimate of drug-likeness (QED) is 0.275. The number of ether oxygens (including phenoxy) is 3. The number of hydrogen-bond acceptors (Lipinski definition) is 7. The van der Waals surface area contributed by atoms with Crippen molar-refractivity contribution in [3.8, 4) is 40.0 Å². The van der Waals surface area contributed by atoms with Crippen molar-refractivity contribution < 1.29 is 23.4 Å². The molecule has 0 atom stereocenters. The van der Waals surface area contributed by atoms with E-state index in [1.807, 2.05) is 50.2 Å². The number of furan rings is 1. The van der Waals surface area contributed by atoms with Crippen molar-refractivity contribution in [1.29, 1.82) is 5.26 Å². The highest BCUT2D eigenvalue weighted by Gasteiger charge is 2.21. The van der Waals surface area contributed by atoms with Crippen LogP contribution in [-0.2, 0) is 4.74 Å². The molecule has 0 bridgehead atoms. The van der Waals surface area contributed by atoms with Crippen molar-refractivity contribution in [3.63, 3.8) is 0 Å². The minimum Gasteiger partial charge on any atom is -0.496 e. The first kappa shape index (κ1) is 26.3. The summed E-state index contributed by atoms with van der Waals surface area (Å²) in [6.45, 7) is 6.51.